The third-order valence-corrected chi connectivity index (χ3v) is 25.5. The van der Waals surface area contributed by atoms with E-state index in [1.807, 2.05) is 71.1 Å². The van der Waals surface area contributed by atoms with Gasteiger partial charge in [0.15, 0.2) is 17.0 Å². The van der Waals surface area contributed by atoms with Gasteiger partial charge in [0.1, 0.15) is 59.6 Å². The zero-order valence-electron chi connectivity index (χ0n) is 76.2. The first-order valence-corrected chi connectivity index (χ1v) is 45.9. The van der Waals surface area contributed by atoms with Crippen molar-refractivity contribution in [1.82, 2.24) is 80.4 Å². The molecule has 11 heterocycles. The number of piperidine rings is 1. The molecule has 7 aromatic rings. The number of oxazole rings is 1. The molecule has 9 N–H and O–H groups in total. The van der Waals surface area contributed by atoms with Crippen LogP contribution in [0.4, 0.5) is 34.5 Å². The van der Waals surface area contributed by atoms with Crippen LogP contribution in [-0.4, -0.2) is 276 Å². The molecule has 4 saturated heterocycles. The minimum absolute atomic E-state index is 0.0162. The lowest BCUT2D eigenvalue weighted by atomic mass is 9.83. The molecule has 1 aliphatic carbocycles. The van der Waals surface area contributed by atoms with E-state index in [2.05, 4.69) is 60.8 Å². The molecular weight excluding hydrogens is 1700 g/mol. The molecule has 39 heteroatoms. The predicted molar refractivity (Wildman–Crippen MR) is 487 cm³/mol. The summed E-state index contributed by atoms with van der Waals surface area (Å²) in [6.07, 6.45) is 23.6. The predicted octanol–water partition coefficient (Wildman–Crippen LogP) is 7.50. The number of Topliss-reactive ketones (excluding diaryl/α,β-unsaturated/α-hetero) is 3. The molecule has 1 saturated carbocycles. The van der Waals surface area contributed by atoms with Crippen LogP contribution in [0.3, 0.4) is 0 Å². The quantitative estimate of drug-likeness (QED) is 0.0126. The van der Waals surface area contributed by atoms with Gasteiger partial charge in [-0.2, -0.15) is 10.1 Å². The SMILES string of the molecule is CO[C@H]1CC2CCC[C@@](O)(O2)C(=O)C(=O)N2CCCC[C@H]2C(=O)O[C@H](CCC2CCC(OC(=O)NCc3cnc(N4CCN(c5ncc(C(=O)NCCOCCC(=O)N6CCN(c7ncc(C(=O)NCCCCn8nc(-c9ccc%10oc(N)nc%10c9)c9c(N)ncnc98)cn7)CC6)cn5)CC4)nc3)CC2)CC(=O)[C@H](C)/C=C(\C)[C@@H](O)[C@@H](OC)C(=O)[C@H](C)C[C@H](C)/C=C/C=CC=C1C. The zero-order valence-corrected chi connectivity index (χ0v) is 76.2. The molecule has 5 fully saturated rings. The fourth-order valence-electron chi connectivity index (χ4n) is 17.8. The highest BCUT2D eigenvalue weighted by atomic mass is 16.6. The number of ketones is 3. The van der Waals surface area contributed by atoms with Gasteiger partial charge in [0, 0.05) is 179 Å². The smallest absolute Gasteiger partial charge is 0.407 e. The first-order valence-electron chi connectivity index (χ1n) is 45.9. The number of piperazine rings is 2. The summed E-state index contributed by atoms with van der Waals surface area (Å²) in [5, 5.41) is 37.5. The van der Waals surface area contributed by atoms with E-state index in [1.165, 1.54) is 43.1 Å². The Balaban J connectivity index is 0.496. The number of amides is 5. The highest BCUT2D eigenvalue weighted by molar-refractivity contribution is 6.39. The van der Waals surface area contributed by atoms with E-state index in [1.54, 1.807) is 62.0 Å². The van der Waals surface area contributed by atoms with E-state index in [0.717, 1.165) is 11.1 Å². The molecule has 1 aromatic carbocycles. The molecule has 0 spiro atoms. The zero-order chi connectivity index (χ0) is 93.5. The summed E-state index contributed by atoms with van der Waals surface area (Å²) in [6, 6.07) is 4.34. The molecule has 5 aliphatic heterocycles. The highest BCUT2D eigenvalue weighted by Gasteiger charge is 2.50. The molecule has 6 aliphatic rings. The van der Waals surface area contributed by atoms with E-state index in [0.29, 0.717) is 217 Å². The van der Waals surface area contributed by atoms with Crippen LogP contribution < -0.4 is 42.1 Å². The van der Waals surface area contributed by atoms with Crippen molar-refractivity contribution in [2.45, 2.75) is 212 Å². The summed E-state index contributed by atoms with van der Waals surface area (Å²) in [4.78, 5) is 173. The second-order valence-corrected chi connectivity index (χ2v) is 35.0. The highest BCUT2D eigenvalue weighted by Crippen LogP contribution is 2.37. The lowest BCUT2D eigenvalue weighted by Gasteiger charge is -2.39. The number of fused-ring (bicyclic) bond motifs is 5. The van der Waals surface area contributed by atoms with E-state index >= 15 is 0 Å². The summed E-state index contributed by atoms with van der Waals surface area (Å²) in [5.41, 5.74) is 17.6. The van der Waals surface area contributed by atoms with E-state index in [-0.39, 0.29) is 124 Å². The van der Waals surface area contributed by atoms with Gasteiger partial charge in [-0.3, -0.25) is 33.6 Å². The van der Waals surface area contributed by atoms with E-state index < -0.39 is 77.9 Å². The number of alkyl carbamates (subject to hydrolysis) is 1. The summed E-state index contributed by atoms with van der Waals surface area (Å²) in [5.74, 6) is -6.18. The van der Waals surface area contributed by atoms with Gasteiger partial charge in [0.25, 0.3) is 29.5 Å². The lowest BCUT2D eigenvalue weighted by molar-refractivity contribution is -0.245. The number of nitrogen functional groups attached to an aromatic ring is 2. The number of nitrogens with two attached hydrogens (primary N) is 2. The number of hydrogen-bond donors (Lipinski definition) is 7. The minimum atomic E-state index is -2.44. The van der Waals surface area contributed by atoms with Crippen LogP contribution in [0.25, 0.3) is 33.4 Å². The Hall–Kier alpha value is -12.2. The average Bonchev–Trinajstić information content (AvgIpc) is 1.59. The Bertz CT molecular complexity index is 5280. The molecule has 10 atom stereocenters. The van der Waals surface area contributed by atoms with Gasteiger partial charge in [-0.05, 0) is 145 Å². The number of nitrogens with zero attached hydrogens (tertiary/aromatic N) is 16. The normalized spacial score (nSPS) is 25.1. The number of benzene rings is 1. The molecule has 708 valence electrons. The number of aliphatic hydroxyl groups excluding tert-OH is 1. The molecule has 5 amide bonds. The van der Waals surface area contributed by atoms with Gasteiger partial charge in [-0.25, -0.2) is 54.1 Å². The Morgan fingerprint density at radius 1 is 0.689 bits per heavy atom. The van der Waals surface area contributed by atoms with Crippen molar-refractivity contribution in [2.24, 2.45) is 23.7 Å². The summed E-state index contributed by atoms with van der Waals surface area (Å²) in [7, 11) is 2.93. The van der Waals surface area contributed by atoms with Crippen LogP contribution in [0, 0.1) is 23.7 Å². The van der Waals surface area contributed by atoms with Gasteiger partial charge in [0.2, 0.25) is 29.5 Å². The Labute approximate surface area is 766 Å². The van der Waals surface area contributed by atoms with E-state index in [4.69, 9.17) is 49.4 Å². The van der Waals surface area contributed by atoms with Gasteiger partial charge in [-0.15, -0.1) is 0 Å². The second-order valence-electron chi connectivity index (χ2n) is 35.0. The van der Waals surface area contributed by atoms with Crippen molar-refractivity contribution >= 4 is 105 Å². The number of aryl methyl sites for hydroxylation is 1. The maximum absolute atomic E-state index is 14.6. The van der Waals surface area contributed by atoms with Gasteiger partial charge >= 0.3 is 12.1 Å². The third-order valence-electron chi connectivity index (χ3n) is 25.5. The van der Waals surface area contributed by atoms with Gasteiger partial charge in [-0.1, -0.05) is 57.2 Å². The van der Waals surface area contributed by atoms with Crippen LogP contribution in [-0.2, 0) is 70.3 Å². The van der Waals surface area contributed by atoms with Gasteiger partial charge < -0.3 is 95.0 Å². The standard InChI is InChI=1S/C93H123N21O18/c1-57-16-9-8-10-17-58(2)74(126-6)48-69-18-15-29-93(125,132-69)81(119)86(122)113-32-13-11-19-71(113)87(123)129-68(47-72(115)59(3)45-61(5)79(118)80(127-7)78(117)60(4)44-57)26-22-62-20-24-67(25-21-62)130-92(124)104-51-63-49-98-89(99-50-63)111-38-40-112(41-39-111)91-102-54-66(55-103-91)85(121)97-31-43-128-42-28-75(116)109-34-36-110(37-35-109)90-100-52-65(53-101-90)84(120)96-30-12-14-33-114-83-76(82(94)105-56-106-83)77(108-114)64-23-27-73-70(46-64)107-88(95)131-73/h8-10,16-17,23,27,45-46,49-50,52-57,59-60,62,67-69,71,74,79-80,118,125H,11-15,18-22,24-26,28-44,47-48,51H2,1-7H3,(H2,95,107)(H,96,120)(H,97,121)(H,104,124)(H2,94,105,106)/b10-8?,16-9+,58-17?,61-45+/t57-,59-,60-,62?,67?,68-,69?,71+,74+,79-,80+,93-/m1/s1. The summed E-state index contributed by atoms with van der Waals surface area (Å²) >= 11 is 0. The second kappa shape index (κ2) is 46.3. The number of esters is 1. The monoisotopic (exact) mass is 1820 g/mol. The van der Waals surface area contributed by atoms with Gasteiger partial charge in [0.05, 0.1) is 48.4 Å². The molecular formula is C93H123N21O18. The number of aromatic nitrogens is 11. The number of rotatable bonds is 25. The first-order chi connectivity index (χ1) is 63.7. The number of carbonyl (C=O) groups excluding carboxylic acids is 9. The maximum Gasteiger partial charge on any atom is 0.407 e. The fourth-order valence-corrected chi connectivity index (χ4v) is 17.8. The number of allylic oxidation sites excluding steroid dienone is 6. The van der Waals surface area contributed by atoms with Crippen LogP contribution in [0.2, 0.25) is 0 Å². The Kier molecular flexibility index (Phi) is 34.1. The number of nitrogens with one attached hydrogen (secondary N) is 3. The topological polar surface area (TPSA) is 501 Å². The van der Waals surface area contributed by atoms with Crippen LogP contribution >= 0.6 is 0 Å². The van der Waals surface area contributed by atoms with Crippen molar-refractivity contribution < 1.29 is 86.2 Å². The van der Waals surface area contributed by atoms with Crippen molar-refractivity contribution in [2.75, 3.05) is 126 Å². The Morgan fingerprint density at radius 2 is 1.36 bits per heavy atom. The molecule has 0 radical (unpaired) electrons. The van der Waals surface area contributed by atoms with Crippen LogP contribution in [0.15, 0.2) is 114 Å². The number of aliphatic hydroxyl groups is 2. The molecule has 39 nitrogen and oxygen atoms in total. The molecule has 2 bridgehead atoms. The number of hydrogen-bond acceptors (Lipinski definition) is 33. The average molecular weight is 1820 g/mol. The Morgan fingerprint density at radius 3 is 2.03 bits per heavy atom. The molecule has 1 unspecified atom stereocenters. The van der Waals surface area contributed by atoms with Crippen molar-refractivity contribution in [3.8, 4) is 11.3 Å². The summed E-state index contributed by atoms with van der Waals surface area (Å²) in [6.45, 7) is 14.8. The number of methoxy groups -OCH3 is 2. The number of carbonyl (C=O) groups is 9. The number of unbranched alkanes of at least 4 members (excludes halogenated alkanes) is 1. The van der Waals surface area contributed by atoms with Crippen LogP contribution in [0.1, 0.15) is 176 Å². The fraction of sp³-hybridized carbons (Fsp3) is 0.559. The number of anilines is 5. The molecule has 6 aromatic heterocycles. The number of cyclic esters (lactones) is 1. The van der Waals surface area contributed by atoms with Crippen molar-refractivity contribution in [3.63, 3.8) is 0 Å². The summed E-state index contributed by atoms with van der Waals surface area (Å²) < 4.78 is 42.7. The third kappa shape index (κ3) is 25.6. The largest absolute Gasteiger partial charge is 0.460 e. The lowest BCUT2D eigenvalue weighted by Crippen LogP contribution is -2.58. The van der Waals surface area contributed by atoms with Crippen molar-refractivity contribution in [3.05, 3.63) is 126 Å². The number of ether oxygens (including phenoxy) is 6. The molecule has 132 heavy (non-hydrogen) atoms. The molecule has 13 rings (SSSR count). The van der Waals surface area contributed by atoms with Crippen LogP contribution in [0.5, 0.6) is 0 Å². The van der Waals surface area contributed by atoms with Crippen molar-refractivity contribution in [1.29, 1.82) is 0 Å². The first kappa shape index (κ1) is 97.4. The minimum Gasteiger partial charge on any atom is -0.460 e. The van der Waals surface area contributed by atoms with E-state index in [9.17, 15) is 53.4 Å². The maximum atomic E-state index is 14.6.